The molecule has 0 aliphatic carbocycles. The van der Waals surface area contributed by atoms with Crippen molar-refractivity contribution in [3.05, 3.63) is 46.8 Å². The number of rotatable bonds is 7. The maximum atomic E-state index is 12.6. The molecule has 2 rings (SSSR count). The van der Waals surface area contributed by atoms with Gasteiger partial charge in [0.2, 0.25) is 5.95 Å². The predicted molar refractivity (Wildman–Crippen MR) is 102 cm³/mol. The highest BCUT2D eigenvalue weighted by Crippen LogP contribution is 2.24. The Bertz CT molecular complexity index is 742. The van der Waals surface area contributed by atoms with Gasteiger partial charge in [-0.2, -0.15) is 0 Å². The Morgan fingerprint density at radius 2 is 1.96 bits per heavy atom. The number of para-hydroxylation sites is 1. The van der Waals surface area contributed by atoms with Crippen LogP contribution in [-0.2, 0) is 6.42 Å². The van der Waals surface area contributed by atoms with Gasteiger partial charge in [0.15, 0.2) is 0 Å². The summed E-state index contributed by atoms with van der Waals surface area (Å²) in [5, 5.41) is 3.32. The number of benzene rings is 1. The largest absolute Gasteiger partial charge is 0.340 e. The zero-order valence-electron chi connectivity index (χ0n) is 15.9. The van der Waals surface area contributed by atoms with Crippen LogP contribution in [-0.4, -0.2) is 34.4 Å². The van der Waals surface area contributed by atoms with E-state index in [1.54, 1.807) is 11.0 Å². The van der Waals surface area contributed by atoms with Crippen LogP contribution in [0.25, 0.3) is 0 Å². The van der Waals surface area contributed by atoms with Crippen molar-refractivity contribution >= 4 is 17.5 Å². The number of amides is 1. The number of hydrogen-bond acceptors (Lipinski definition) is 4. The van der Waals surface area contributed by atoms with E-state index in [0.29, 0.717) is 11.6 Å². The van der Waals surface area contributed by atoms with Gasteiger partial charge in [-0.25, -0.2) is 9.97 Å². The minimum absolute atomic E-state index is 0.0671. The van der Waals surface area contributed by atoms with Crippen molar-refractivity contribution in [1.29, 1.82) is 0 Å². The third-order valence-corrected chi connectivity index (χ3v) is 4.24. The zero-order chi connectivity index (χ0) is 18.4. The number of anilines is 2. The van der Waals surface area contributed by atoms with Crippen molar-refractivity contribution in [2.75, 3.05) is 18.9 Å². The normalized spacial score (nSPS) is 10.6. The molecular weight excluding hydrogens is 312 g/mol. The van der Waals surface area contributed by atoms with E-state index in [4.69, 9.17) is 0 Å². The minimum Gasteiger partial charge on any atom is -0.340 e. The molecule has 2 aromatic rings. The van der Waals surface area contributed by atoms with Crippen molar-refractivity contribution in [2.24, 2.45) is 0 Å². The van der Waals surface area contributed by atoms with Gasteiger partial charge in [-0.05, 0) is 43.9 Å². The van der Waals surface area contributed by atoms with Gasteiger partial charge < -0.3 is 10.2 Å². The molecule has 0 atom stereocenters. The van der Waals surface area contributed by atoms with E-state index < -0.39 is 0 Å². The topological polar surface area (TPSA) is 58.1 Å². The van der Waals surface area contributed by atoms with E-state index >= 15 is 0 Å². The van der Waals surface area contributed by atoms with E-state index in [-0.39, 0.29) is 5.91 Å². The molecule has 1 heterocycles. The first-order valence-electron chi connectivity index (χ1n) is 8.92. The summed E-state index contributed by atoms with van der Waals surface area (Å²) < 4.78 is 0. The van der Waals surface area contributed by atoms with Gasteiger partial charge >= 0.3 is 0 Å². The molecule has 0 aliphatic rings. The lowest BCUT2D eigenvalue weighted by Gasteiger charge is -2.17. The van der Waals surface area contributed by atoms with Crippen LogP contribution in [0.5, 0.6) is 0 Å². The summed E-state index contributed by atoms with van der Waals surface area (Å²) in [5.41, 5.74) is 4.57. The fraction of sp³-hybridized carbons (Fsp3) is 0.450. The molecule has 0 saturated carbocycles. The van der Waals surface area contributed by atoms with E-state index in [2.05, 4.69) is 48.2 Å². The smallest absolute Gasteiger partial charge is 0.272 e. The highest BCUT2D eigenvalue weighted by atomic mass is 16.2. The molecule has 0 radical (unpaired) electrons. The molecule has 5 heteroatoms. The van der Waals surface area contributed by atoms with Gasteiger partial charge in [-0.15, -0.1) is 0 Å². The minimum atomic E-state index is -0.0671. The highest BCUT2D eigenvalue weighted by Gasteiger charge is 2.15. The molecule has 25 heavy (non-hydrogen) atoms. The average Bonchev–Trinajstić information content (AvgIpc) is 2.60. The Hall–Kier alpha value is -2.43. The molecule has 0 spiro atoms. The maximum absolute atomic E-state index is 12.6. The second-order valence-electron chi connectivity index (χ2n) is 6.39. The van der Waals surface area contributed by atoms with Crippen molar-refractivity contribution in [3.63, 3.8) is 0 Å². The molecular formula is C20H28N4O. The number of nitrogens with one attached hydrogen (secondary N) is 1. The lowest BCUT2D eigenvalue weighted by molar-refractivity contribution is 0.0787. The Balaban J connectivity index is 2.29. The molecule has 5 nitrogen and oxygen atoms in total. The summed E-state index contributed by atoms with van der Waals surface area (Å²) in [4.78, 5) is 23.2. The number of aromatic nitrogens is 2. The van der Waals surface area contributed by atoms with E-state index in [0.717, 1.165) is 42.8 Å². The van der Waals surface area contributed by atoms with Crippen LogP contribution < -0.4 is 5.32 Å². The lowest BCUT2D eigenvalue weighted by Crippen LogP contribution is -2.28. The summed E-state index contributed by atoms with van der Waals surface area (Å²) in [5.74, 6) is 0.402. The maximum Gasteiger partial charge on any atom is 0.272 e. The number of unbranched alkanes of at least 4 members (excludes halogenated alkanes) is 1. The first kappa shape index (κ1) is 18.9. The van der Waals surface area contributed by atoms with Crippen molar-refractivity contribution < 1.29 is 4.79 Å². The van der Waals surface area contributed by atoms with Gasteiger partial charge in [-0.3, -0.25) is 4.79 Å². The fourth-order valence-electron chi connectivity index (χ4n) is 2.74. The molecule has 134 valence electrons. The van der Waals surface area contributed by atoms with Crippen LogP contribution in [0.3, 0.4) is 0 Å². The lowest BCUT2D eigenvalue weighted by atomic mass is 10.1. The van der Waals surface area contributed by atoms with Crippen LogP contribution in [0.1, 0.15) is 54.0 Å². The van der Waals surface area contributed by atoms with Gasteiger partial charge in [0.25, 0.3) is 5.91 Å². The number of carbonyl (C=O) groups is 1. The molecule has 0 unspecified atom stereocenters. The number of hydrogen-bond donors (Lipinski definition) is 1. The zero-order valence-corrected chi connectivity index (χ0v) is 15.9. The average molecular weight is 340 g/mol. The van der Waals surface area contributed by atoms with E-state index in [1.807, 2.05) is 20.0 Å². The molecule has 0 bridgehead atoms. The molecule has 0 fully saturated rings. The van der Waals surface area contributed by atoms with Gasteiger partial charge in [0.1, 0.15) is 5.69 Å². The molecule has 1 aromatic heterocycles. The Morgan fingerprint density at radius 1 is 1.20 bits per heavy atom. The first-order valence-corrected chi connectivity index (χ1v) is 8.92. The molecule has 1 amide bonds. The number of carbonyl (C=O) groups excluding carboxylic acids is 1. The Morgan fingerprint density at radius 3 is 2.64 bits per heavy atom. The van der Waals surface area contributed by atoms with Crippen LogP contribution in [0.2, 0.25) is 0 Å². The van der Waals surface area contributed by atoms with Crippen LogP contribution in [0, 0.1) is 13.8 Å². The monoisotopic (exact) mass is 340 g/mol. The van der Waals surface area contributed by atoms with Crippen LogP contribution in [0.15, 0.2) is 24.3 Å². The Labute approximate surface area is 150 Å². The van der Waals surface area contributed by atoms with Crippen molar-refractivity contribution in [2.45, 2.75) is 47.0 Å². The summed E-state index contributed by atoms with van der Waals surface area (Å²) in [6.07, 6.45) is 2.96. The second kappa shape index (κ2) is 8.60. The third kappa shape index (κ3) is 4.78. The molecule has 1 N–H and O–H groups in total. The van der Waals surface area contributed by atoms with Gasteiger partial charge in [-0.1, -0.05) is 38.5 Å². The highest BCUT2D eigenvalue weighted by molar-refractivity contribution is 5.92. The van der Waals surface area contributed by atoms with Gasteiger partial charge in [0, 0.05) is 25.0 Å². The first-order chi connectivity index (χ1) is 12.0. The standard InChI is InChI=1S/C20H28N4O/c1-6-8-12-24(5)19(25)17-13-15(4)21-20(22-17)23-18-14(3)10-9-11-16(18)7-2/h9-11,13H,6-8,12H2,1-5H3,(H,21,22,23). The second-order valence-corrected chi connectivity index (χ2v) is 6.39. The van der Waals surface area contributed by atoms with Gasteiger partial charge in [0.05, 0.1) is 0 Å². The number of nitrogens with zero attached hydrogens (tertiary/aromatic N) is 3. The fourth-order valence-corrected chi connectivity index (χ4v) is 2.74. The summed E-state index contributed by atoms with van der Waals surface area (Å²) >= 11 is 0. The predicted octanol–water partition coefficient (Wildman–Crippen LogP) is 4.27. The SMILES string of the molecule is CCCCN(C)C(=O)c1cc(C)nc(Nc2c(C)cccc2CC)n1. The molecule has 0 saturated heterocycles. The van der Waals surface area contributed by atoms with Crippen LogP contribution in [0.4, 0.5) is 11.6 Å². The summed E-state index contributed by atoms with van der Waals surface area (Å²) in [6, 6.07) is 7.94. The van der Waals surface area contributed by atoms with E-state index in [1.165, 1.54) is 5.56 Å². The molecule has 0 aliphatic heterocycles. The van der Waals surface area contributed by atoms with E-state index in [9.17, 15) is 4.79 Å². The van der Waals surface area contributed by atoms with Crippen molar-refractivity contribution in [3.8, 4) is 0 Å². The summed E-state index contributed by atoms with van der Waals surface area (Å²) in [7, 11) is 1.82. The molecule has 1 aromatic carbocycles. The quantitative estimate of drug-likeness (QED) is 0.817. The van der Waals surface area contributed by atoms with Crippen molar-refractivity contribution in [1.82, 2.24) is 14.9 Å². The number of aryl methyl sites for hydroxylation is 3. The van der Waals surface area contributed by atoms with Crippen LogP contribution >= 0.6 is 0 Å². The summed E-state index contributed by atoms with van der Waals surface area (Å²) in [6.45, 7) is 8.91. The third-order valence-electron chi connectivity index (χ3n) is 4.24. The Kier molecular flexibility index (Phi) is 6.51.